The van der Waals surface area contributed by atoms with E-state index in [0.717, 1.165) is 0 Å². The van der Waals surface area contributed by atoms with Gasteiger partial charge >= 0.3 is 0 Å². The molecule has 0 aliphatic carbocycles. The third-order valence-corrected chi connectivity index (χ3v) is 4.20. The number of rotatable bonds is 7. The Morgan fingerprint density at radius 2 is 1.50 bits per heavy atom. The van der Waals surface area contributed by atoms with Crippen molar-refractivity contribution in [2.75, 3.05) is 37.7 Å². The molecule has 2 aromatic carbocycles. The largest absolute Gasteiger partial charge is 0.497 e. The minimum absolute atomic E-state index is 0.322. The van der Waals surface area contributed by atoms with Crippen LogP contribution in [-0.4, -0.2) is 31.3 Å². The highest BCUT2D eigenvalue weighted by Gasteiger charge is 2.13. The molecule has 146 valence electrons. The predicted molar refractivity (Wildman–Crippen MR) is 111 cm³/mol. The first-order valence-electron chi connectivity index (χ1n) is 8.25. The number of nitrogens with zero attached hydrogens (tertiary/aromatic N) is 2. The average molecular weight is 402 g/mol. The van der Waals surface area contributed by atoms with Crippen LogP contribution in [0.15, 0.2) is 42.7 Å². The monoisotopic (exact) mass is 401 g/mol. The second-order valence-electron chi connectivity index (χ2n) is 5.65. The van der Waals surface area contributed by atoms with Crippen molar-refractivity contribution in [2.24, 2.45) is 0 Å². The quantitative estimate of drug-likeness (QED) is 0.540. The Hall–Kier alpha value is -3.39. The molecule has 0 aliphatic heterocycles. The smallest absolute Gasteiger partial charge is 0.159 e. The maximum Gasteiger partial charge on any atom is 0.159 e. The molecule has 0 atom stereocenters. The lowest BCUT2D eigenvalue weighted by Crippen LogP contribution is -2.06. The third kappa shape index (κ3) is 4.12. The van der Waals surface area contributed by atoms with Gasteiger partial charge in [-0.2, -0.15) is 0 Å². The fourth-order valence-electron chi connectivity index (χ4n) is 2.53. The van der Waals surface area contributed by atoms with E-state index < -0.39 is 0 Å². The van der Waals surface area contributed by atoms with Crippen molar-refractivity contribution in [2.45, 2.75) is 0 Å². The maximum absolute atomic E-state index is 6.27. The fraction of sp³-hybridized carbons (Fsp3) is 0.158. The van der Waals surface area contributed by atoms with Crippen LogP contribution in [0.4, 0.5) is 28.7 Å². The van der Waals surface area contributed by atoms with Crippen molar-refractivity contribution in [3.05, 3.63) is 47.7 Å². The summed E-state index contributed by atoms with van der Waals surface area (Å²) in [6, 6.07) is 10.6. The van der Waals surface area contributed by atoms with Gasteiger partial charge in [-0.3, -0.25) is 0 Å². The summed E-state index contributed by atoms with van der Waals surface area (Å²) in [6.45, 7) is 0. The van der Waals surface area contributed by atoms with Crippen molar-refractivity contribution in [1.29, 1.82) is 0 Å². The summed E-state index contributed by atoms with van der Waals surface area (Å²) in [5.41, 5.74) is 7.90. The van der Waals surface area contributed by atoms with Crippen molar-refractivity contribution >= 4 is 40.3 Å². The van der Waals surface area contributed by atoms with Gasteiger partial charge in [-0.05, 0) is 30.3 Å². The predicted octanol–water partition coefficient (Wildman–Crippen LogP) is 4.23. The molecule has 0 radical (unpaired) electrons. The second kappa shape index (κ2) is 8.53. The first-order valence-corrected chi connectivity index (χ1v) is 8.63. The molecule has 9 heteroatoms. The molecule has 0 aliphatic rings. The molecule has 3 rings (SSSR count). The van der Waals surface area contributed by atoms with Gasteiger partial charge in [-0.25, -0.2) is 9.97 Å². The molecule has 8 nitrogen and oxygen atoms in total. The molecular weight excluding hydrogens is 382 g/mol. The Labute approximate surface area is 167 Å². The van der Waals surface area contributed by atoms with Crippen LogP contribution in [0, 0.1) is 0 Å². The van der Waals surface area contributed by atoms with Crippen LogP contribution in [0.25, 0.3) is 0 Å². The zero-order chi connectivity index (χ0) is 20.1. The molecule has 0 bridgehead atoms. The lowest BCUT2D eigenvalue weighted by atomic mass is 10.2. The topological polar surface area (TPSA) is 104 Å². The Morgan fingerprint density at radius 3 is 2.14 bits per heavy atom. The Balaban J connectivity index is 1.91. The maximum atomic E-state index is 6.27. The van der Waals surface area contributed by atoms with Crippen LogP contribution < -0.4 is 30.6 Å². The van der Waals surface area contributed by atoms with Gasteiger partial charge in [-0.15, -0.1) is 0 Å². The Bertz CT molecular complexity index is 984. The molecule has 0 fully saturated rings. The highest BCUT2D eigenvalue weighted by molar-refractivity contribution is 6.31. The summed E-state index contributed by atoms with van der Waals surface area (Å²) >= 11 is 6.08. The summed E-state index contributed by atoms with van der Waals surface area (Å²) in [7, 11) is 4.73. The van der Waals surface area contributed by atoms with Crippen molar-refractivity contribution in [3.8, 4) is 17.2 Å². The van der Waals surface area contributed by atoms with Crippen molar-refractivity contribution in [3.63, 3.8) is 0 Å². The first kappa shape index (κ1) is 19.4. The number of halogens is 1. The molecule has 0 saturated carbocycles. The van der Waals surface area contributed by atoms with Crippen LogP contribution in [0.1, 0.15) is 0 Å². The highest BCUT2D eigenvalue weighted by atomic mass is 35.5. The van der Waals surface area contributed by atoms with Crippen LogP contribution in [0.5, 0.6) is 17.2 Å². The summed E-state index contributed by atoms with van der Waals surface area (Å²) < 4.78 is 15.9. The minimum Gasteiger partial charge on any atom is -0.497 e. The van der Waals surface area contributed by atoms with Crippen LogP contribution in [0.3, 0.4) is 0 Å². The number of ether oxygens (including phenoxy) is 3. The van der Waals surface area contributed by atoms with Gasteiger partial charge in [0.2, 0.25) is 0 Å². The molecule has 4 N–H and O–H groups in total. The second-order valence-corrected chi connectivity index (χ2v) is 6.08. The van der Waals surface area contributed by atoms with E-state index >= 15 is 0 Å². The van der Waals surface area contributed by atoms with Gasteiger partial charge in [0.05, 0.1) is 32.7 Å². The first-order chi connectivity index (χ1) is 13.5. The van der Waals surface area contributed by atoms with E-state index in [-0.39, 0.29) is 0 Å². The fourth-order valence-corrected chi connectivity index (χ4v) is 2.70. The number of hydrogen-bond donors (Lipinski definition) is 3. The van der Waals surface area contributed by atoms with E-state index in [0.29, 0.717) is 51.0 Å². The molecule has 0 unspecified atom stereocenters. The number of nitrogens with one attached hydrogen (secondary N) is 2. The van der Waals surface area contributed by atoms with Crippen LogP contribution in [-0.2, 0) is 0 Å². The summed E-state index contributed by atoms with van der Waals surface area (Å²) in [6.07, 6.45) is 1.40. The summed E-state index contributed by atoms with van der Waals surface area (Å²) in [4.78, 5) is 8.44. The summed E-state index contributed by atoms with van der Waals surface area (Å²) in [5.74, 6) is 2.69. The van der Waals surface area contributed by atoms with Crippen molar-refractivity contribution in [1.82, 2.24) is 9.97 Å². The SMILES string of the molecule is COc1ccc(Nc2ncnc(Nc3cc(Cl)ccc3OC)c2N)c(OC)c1. The van der Waals surface area contributed by atoms with Crippen molar-refractivity contribution < 1.29 is 14.2 Å². The van der Waals surface area contributed by atoms with E-state index in [2.05, 4.69) is 20.6 Å². The molecule has 1 aromatic heterocycles. The van der Waals surface area contributed by atoms with Gasteiger partial charge in [0.25, 0.3) is 0 Å². The lowest BCUT2D eigenvalue weighted by molar-refractivity contribution is 0.395. The summed E-state index contributed by atoms with van der Waals surface area (Å²) in [5, 5.41) is 6.84. The number of benzene rings is 2. The van der Waals surface area contributed by atoms with Gasteiger partial charge < -0.3 is 30.6 Å². The van der Waals surface area contributed by atoms with E-state index in [1.165, 1.54) is 6.33 Å². The van der Waals surface area contributed by atoms with E-state index in [9.17, 15) is 0 Å². The van der Waals surface area contributed by atoms with E-state index in [1.807, 2.05) is 6.07 Å². The van der Waals surface area contributed by atoms with Gasteiger partial charge in [0.15, 0.2) is 11.6 Å². The standard InChI is InChI=1S/C19H20ClN5O3/c1-26-12-5-6-13(16(9-12)28-3)24-18-17(21)19(23-10-22-18)25-14-8-11(20)4-7-15(14)27-2/h4-10H,21H2,1-3H3,(H2,22,23,24,25). The molecule has 0 spiro atoms. The van der Waals surface area contributed by atoms with Gasteiger partial charge in [0.1, 0.15) is 29.3 Å². The number of nitrogens with two attached hydrogens (primary N) is 1. The number of hydrogen-bond acceptors (Lipinski definition) is 8. The lowest BCUT2D eigenvalue weighted by Gasteiger charge is -2.16. The van der Waals surface area contributed by atoms with Gasteiger partial charge in [-0.1, -0.05) is 11.6 Å². The average Bonchev–Trinajstić information content (AvgIpc) is 2.71. The number of anilines is 5. The zero-order valence-electron chi connectivity index (χ0n) is 15.6. The zero-order valence-corrected chi connectivity index (χ0v) is 16.4. The molecular formula is C19H20ClN5O3. The van der Waals surface area contributed by atoms with Crippen LogP contribution in [0.2, 0.25) is 5.02 Å². The van der Waals surface area contributed by atoms with E-state index in [4.69, 9.17) is 31.5 Å². The molecule has 1 heterocycles. The van der Waals surface area contributed by atoms with Crippen LogP contribution >= 0.6 is 11.6 Å². The molecule has 28 heavy (non-hydrogen) atoms. The Morgan fingerprint density at radius 1 is 0.821 bits per heavy atom. The molecule has 0 saturated heterocycles. The third-order valence-electron chi connectivity index (χ3n) is 3.96. The minimum atomic E-state index is 0.322. The number of aromatic nitrogens is 2. The normalized spacial score (nSPS) is 10.3. The molecule has 3 aromatic rings. The molecule has 0 amide bonds. The van der Waals surface area contributed by atoms with E-state index in [1.54, 1.807) is 51.7 Å². The number of nitrogen functional groups attached to an aromatic ring is 1. The Kier molecular flexibility index (Phi) is 5.90. The van der Waals surface area contributed by atoms with Gasteiger partial charge in [0, 0.05) is 11.1 Å². The number of methoxy groups -OCH3 is 3. The highest BCUT2D eigenvalue weighted by Crippen LogP contribution is 2.36.